The predicted molar refractivity (Wildman–Crippen MR) is 68.3 cm³/mol. The summed E-state index contributed by atoms with van der Waals surface area (Å²) in [6, 6.07) is 8.24. The Morgan fingerprint density at radius 3 is 2.75 bits per heavy atom. The van der Waals surface area contributed by atoms with Crippen molar-refractivity contribution in [2.75, 3.05) is 23.7 Å². The Hall–Kier alpha value is -1.69. The maximum Gasteiger partial charge on any atom is 0.0671 e. The lowest BCUT2D eigenvalue weighted by atomic mass is 10.1. The highest BCUT2D eigenvalue weighted by molar-refractivity contribution is 5.68. The zero-order valence-electron chi connectivity index (χ0n) is 10.2. The molecule has 0 aliphatic rings. The van der Waals surface area contributed by atoms with Crippen LogP contribution in [-0.2, 0) is 0 Å². The van der Waals surface area contributed by atoms with Gasteiger partial charge in [0.15, 0.2) is 0 Å². The van der Waals surface area contributed by atoms with Crippen LogP contribution in [0.1, 0.15) is 19.4 Å². The van der Waals surface area contributed by atoms with Crippen molar-refractivity contribution in [3.05, 3.63) is 23.8 Å². The average Bonchev–Trinajstić information content (AvgIpc) is 2.29. The third-order valence-electron chi connectivity index (χ3n) is 2.62. The third-order valence-corrected chi connectivity index (χ3v) is 2.62. The van der Waals surface area contributed by atoms with Gasteiger partial charge < -0.3 is 10.6 Å². The molecular formula is C13H19N3. The van der Waals surface area contributed by atoms with Gasteiger partial charge in [-0.1, -0.05) is 6.07 Å². The molecule has 0 saturated heterocycles. The number of rotatable bonds is 4. The Morgan fingerprint density at radius 1 is 1.50 bits per heavy atom. The fourth-order valence-corrected chi connectivity index (χ4v) is 1.70. The largest absolute Gasteiger partial charge is 0.397 e. The summed E-state index contributed by atoms with van der Waals surface area (Å²) in [5, 5.41) is 8.84. The van der Waals surface area contributed by atoms with Gasteiger partial charge in [0.25, 0.3) is 0 Å². The number of hydrogen-bond acceptors (Lipinski definition) is 3. The van der Waals surface area contributed by atoms with Gasteiger partial charge in [-0.05, 0) is 38.5 Å². The van der Waals surface area contributed by atoms with E-state index >= 15 is 0 Å². The highest BCUT2D eigenvalue weighted by Crippen LogP contribution is 2.24. The van der Waals surface area contributed by atoms with E-state index in [1.807, 2.05) is 26.0 Å². The van der Waals surface area contributed by atoms with Crippen LogP contribution < -0.4 is 10.6 Å². The summed E-state index contributed by atoms with van der Waals surface area (Å²) in [6.45, 7) is 7.63. The molecule has 1 aromatic carbocycles. The van der Waals surface area contributed by atoms with Crippen LogP contribution in [0, 0.1) is 24.2 Å². The van der Waals surface area contributed by atoms with Crippen molar-refractivity contribution in [1.82, 2.24) is 0 Å². The molecule has 0 aromatic heterocycles. The Kier molecular flexibility index (Phi) is 4.19. The zero-order chi connectivity index (χ0) is 12.1. The summed E-state index contributed by atoms with van der Waals surface area (Å²) >= 11 is 0. The summed E-state index contributed by atoms with van der Waals surface area (Å²) in [4.78, 5) is 2.15. The standard InChI is InChI=1S/C13H19N3/c1-4-16(9-11(3)8-14)13-7-10(2)5-6-12(13)15/h5-7,11H,4,9,15H2,1-3H3. The molecule has 1 atom stereocenters. The molecule has 3 heteroatoms. The number of benzene rings is 1. The molecule has 0 radical (unpaired) electrons. The first-order valence-electron chi connectivity index (χ1n) is 5.59. The number of anilines is 2. The van der Waals surface area contributed by atoms with Gasteiger partial charge in [-0.15, -0.1) is 0 Å². The van der Waals surface area contributed by atoms with E-state index in [1.165, 1.54) is 5.56 Å². The smallest absolute Gasteiger partial charge is 0.0671 e. The minimum Gasteiger partial charge on any atom is -0.397 e. The monoisotopic (exact) mass is 217 g/mol. The van der Waals surface area contributed by atoms with Crippen molar-refractivity contribution in [3.8, 4) is 6.07 Å². The Bertz CT molecular complexity index is 393. The lowest BCUT2D eigenvalue weighted by molar-refractivity contribution is 0.687. The van der Waals surface area contributed by atoms with Gasteiger partial charge in [0.1, 0.15) is 0 Å². The van der Waals surface area contributed by atoms with Crippen LogP contribution >= 0.6 is 0 Å². The van der Waals surface area contributed by atoms with E-state index in [1.54, 1.807) is 0 Å². The molecule has 3 nitrogen and oxygen atoms in total. The van der Waals surface area contributed by atoms with Crippen molar-refractivity contribution in [3.63, 3.8) is 0 Å². The molecular weight excluding hydrogens is 198 g/mol. The molecule has 0 heterocycles. The highest BCUT2D eigenvalue weighted by Gasteiger charge is 2.11. The predicted octanol–water partition coefficient (Wildman–Crippen LogP) is 2.56. The second-order valence-corrected chi connectivity index (χ2v) is 4.13. The summed E-state index contributed by atoms with van der Waals surface area (Å²) in [5.74, 6) is 0.0138. The first-order chi connectivity index (χ1) is 7.58. The molecule has 0 spiro atoms. The first kappa shape index (κ1) is 12.4. The van der Waals surface area contributed by atoms with Crippen molar-refractivity contribution >= 4 is 11.4 Å². The van der Waals surface area contributed by atoms with Crippen LogP contribution in [0.3, 0.4) is 0 Å². The van der Waals surface area contributed by atoms with Crippen molar-refractivity contribution < 1.29 is 0 Å². The quantitative estimate of drug-likeness (QED) is 0.789. The van der Waals surface area contributed by atoms with E-state index < -0.39 is 0 Å². The zero-order valence-corrected chi connectivity index (χ0v) is 10.2. The van der Waals surface area contributed by atoms with Crippen LogP contribution in [0.5, 0.6) is 0 Å². The maximum atomic E-state index is 8.84. The van der Waals surface area contributed by atoms with Crippen LogP contribution in [0.25, 0.3) is 0 Å². The molecule has 0 saturated carbocycles. The van der Waals surface area contributed by atoms with E-state index in [9.17, 15) is 0 Å². The fourth-order valence-electron chi connectivity index (χ4n) is 1.70. The Morgan fingerprint density at radius 2 is 2.19 bits per heavy atom. The van der Waals surface area contributed by atoms with Crippen molar-refractivity contribution in [1.29, 1.82) is 5.26 Å². The maximum absolute atomic E-state index is 8.84. The molecule has 86 valence electrons. The van der Waals surface area contributed by atoms with Gasteiger partial charge in [-0.25, -0.2) is 0 Å². The van der Waals surface area contributed by atoms with E-state index in [2.05, 4.69) is 24.0 Å². The van der Waals surface area contributed by atoms with Crippen LogP contribution in [0.2, 0.25) is 0 Å². The molecule has 2 N–H and O–H groups in total. The Balaban J connectivity index is 2.95. The molecule has 1 rings (SSSR count). The van der Waals surface area contributed by atoms with Gasteiger partial charge in [-0.2, -0.15) is 5.26 Å². The number of nitrogen functional groups attached to an aromatic ring is 1. The normalized spacial score (nSPS) is 11.9. The number of nitrogens with two attached hydrogens (primary N) is 1. The lowest BCUT2D eigenvalue weighted by Gasteiger charge is -2.26. The number of nitrogens with zero attached hydrogens (tertiary/aromatic N) is 2. The van der Waals surface area contributed by atoms with E-state index in [0.29, 0.717) is 0 Å². The van der Waals surface area contributed by atoms with Crippen molar-refractivity contribution in [2.24, 2.45) is 5.92 Å². The van der Waals surface area contributed by atoms with Gasteiger partial charge in [-0.3, -0.25) is 0 Å². The number of aryl methyl sites for hydroxylation is 1. The molecule has 1 aromatic rings. The minimum atomic E-state index is 0.0138. The second-order valence-electron chi connectivity index (χ2n) is 4.13. The van der Waals surface area contributed by atoms with E-state index in [0.717, 1.165) is 24.5 Å². The molecule has 0 fully saturated rings. The van der Waals surface area contributed by atoms with Gasteiger partial charge in [0, 0.05) is 13.1 Å². The van der Waals surface area contributed by atoms with Gasteiger partial charge in [0.2, 0.25) is 0 Å². The third kappa shape index (κ3) is 2.90. The summed E-state index contributed by atoms with van der Waals surface area (Å²) in [7, 11) is 0. The topological polar surface area (TPSA) is 53.0 Å². The van der Waals surface area contributed by atoms with E-state index in [-0.39, 0.29) is 5.92 Å². The average molecular weight is 217 g/mol. The SMILES string of the molecule is CCN(CC(C)C#N)c1cc(C)ccc1N. The fraction of sp³-hybridized carbons (Fsp3) is 0.462. The van der Waals surface area contributed by atoms with Crippen LogP contribution in [0.4, 0.5) is 11.4 Å². The molecule has 16 heavy (non-hydrogen) atoms. The number of nitriles is 1. The van der Waals surface area contributed by atoms with Gasteiger partial charge in [0.05, 0.1) is 23.4 Å². The lowest BCUT2D eigenvalue weighted by Crippen LogP contribution is -2.28. The number of hydrogen-bond donors (Lipinski definition) is 1. The second kappa shape index (κ2) is 5.41. The van der Waals surface area contributed by atoms with E-state index in [4.69, 9.17) is 11.0 Å². The van der Waals surface area contributed by atoms with Crippen molar-refractivity contribution in [2.45, 2.75) is 20.8 Å². The molecule has 0 amide bonds. The highest BCUT2D eigenvalue weighted by atomic mass is 15.1. The Labute approximate surface area is 97.5 Å². The molecule has 1 unspecified atom stereocenters. The molecule has 0 bridgehead atoms. The molecule has 0 aliphatic carbocycles. The first-order valence-corrected chi connectivity index (χ1v) is 5.59. The summed E-state index contributed by atoms with van der Waals surface area (Å²) in [5.41, 5.74) is 8.95. The van der Waals surface area contributed by atoms with Crippen LogP contribution in [-0.4, -0.2) is 13.1 Å². The summed E-state index contributed by atoms with van der Waals surface area (Å²) < 4.78 is 0. The summed E-state index contributed by atoms with van der Waals surface area (Å²) in [6.07, 6.45) is 0. The molecule has 0 aliphatic heterocycles. The minimum absolute atomic E-state index is 0.0138. The van der Waals surface area contributed by atoms with Gasteiger partial charge >= 0.3 is 0 Å². The van der Waals surface area contributed by atoms with Crippen LogP contribution in [0.15, 0.2) is 18.2 Å².